The van der Waals surface area contributed by atoms with E-state index in [2.05, 4.69) is 10.2 Å². The van der Waals surface area contributed by atoms with Crippen LogP contribution in [0.2, 0.25) is 0 Å². The van der Waals surface area contributed by atoms with E-state index in [1.54, 1.807) is 12.1 Å². The summed E-state index contributed by atoms with van der Waals surface area (Å²) < 4.78 is 5.33. The number of hydrogen-bond acceptors (Lipinski definition) is 5. The number of rotatable bonds is 6. The zero-order chi connectivity index (χ0) is 15.1. The van der Waals surface area contributed by atoms with Crippen LogP contribution in [0.3, 0.4) is 0 Å². The van der Waals surface area contributed by atoms with Gasteiger partial charge in [-0.1, -0.05) is 12.1 Å². The second-order valence-corrected chi connectivity index (χ2v) is 5.19. The lowest BCUT2D eigenvalue weighted by molar-refractivity contribution is -0.116. The van der Waals surface area contributed by atoms with Crippen molar-refractivity contribution in [3.8, 4) is 0 Å². The van der Waals surface area contributed by atoms with Crippen LogP contribution < -0.4 is 11.1 Å². The molecule has 21 heavy (non-hydrogen) atoms. The lowest BCUT2D eigenvalue weighted by Gasteiger charge is -2.34. The van der Waals surface area contributed by atoms with Crippen LogP contribution in [-0.4, -0.2) is 54.9 Å². The Labute approximate surface area is 124 Å². The number of carbonyl (C=O) groups excluding carboxylic acids is 1. The lowest BCUT2D eigenvalue weighted by atomic mass is 10.2. The van der Waals surface area contributed by atoms with Crippen LogP contribution in [0, 0.1) is 0 Å². The van der Waals surface area contributed by atoms with Crippen molar-refractivity contribution in [3.05, 3.63) is 24.3 Å². The van der Waals surface area contributed by atoms with Crippen LogP contribution >= 0.6 is 0 Å². The van der Waals surface area contributed by atoms with Gasteiger partial charge in [-0.25, -0.2) is 0 Å². The molecule has 0 saturated carbocycles. The first-order chi connectivity index (χ1) is 10.2. The van der Waals surface area contributed by atoms with Crippen LogP contribution in [0.15, 0.2) is 24.3 Å². The van der Waals surface area contributed by atoms with Crippen LogP contribution in [0.1, 0.15) is 12.8 Å². The van der Waals surface area contributed by atoms with Crippen molar-refractivity contribution in [2.45, 2.75) is 18.9 Å². The standard InChI is InChI=1S/C15H23N3O3/c16-13-4-1-2-5-14(13)17-15(20)6-3-7-18-8-9-21-11-12(18)10-19/h1-2,4-5,12,19H,3,6-11,16H2,(H,17,20). The van der Waals surface area contributed by atoms with E-state index in [0.717, 1.165) is 19.5 Å². The molecular weight excluding hydrogens is 270 g/mol. The largest absolute Gasteiger partial charge is 0.397 e. The summed E-state index contributed by atoms with van der Waals surface area (Å²) in [5.74, 6) is -0.0401. The molecule has 0 spiro atoms. The van der Waals surface area contributed by atoms with Crippen LogP contribution in [0.25, 0.3) is 0 Å². The maximum absolute atomic E-state index is 11.9. The summed E-state index contributed by atoms with van der Waals surface area (Å²) in [4.78, 5) is 14.1. The Morgan fingerprint density at radius 1 is 1.48 bits per heavy atom. The minimum absolute atomic E-state index is 0.0401. The molecule has 6 nitrogen and oxygen atoms in total. The number of para-hydroxylation sites is 2. The predicted octanol–water partition coefficient (Wildman–Crippen LogP) is 0.681. The van der Waals surface area contributed by atoms with Crippen LogP contribution in [0.5, 0.6) is 0 Å². The van der Waals surface area contributed by atoms with E-state index >= 15 is 0 Å². The first-order valence-electron chi connectivity index (χ1n) is 7.27. The van der Waals surface area contributed by atoms with E-state index in [-0.39, 0.29) is 18.6 Å². The molecule has 1 aliphatic heterocycles. The highest BCUT2D eigenvalue weighted by Gasteiger charge is 2.21. The monoisotopic (exact) mass is 293 g/mol. The van der Waals surface area contributed by atoms with Gasteiger partial charge in [0.2, 0.25) is 5.91 Å². The Morgan fingerprint density at radius 2 is 2.29 bits per heavy atom. The molecule has 0 radical (unpaired) electrons. The zero-order valence-electron chi connectivity index (χ0n) is 12.1. The molecule has 1 heterocycles. The van der Waals surface area contributed by atoms with Crippen molar-refractivity contribution < 1.29 is 14.6 Å². The quantitative estimate of drug-likeness (QED) is 0.671. The summed E-state index contributed by atoms with van der Waals surface area (Å²) in [7, 11) is 0. The van der Waals surface area contributed by atoms with Crippen LogP contribution in [-0.2, 0) is 9.53 Å². The number of anilines is 2. The summed E-state index contributed by atoms with van der Waals surface area (Å²) in [5, 5.41) is 12.1. The number of carbonyl (C=O) groups is 1. The van der Waals surface area contributed by atoms with E-state index < -0.39 is 0 Å². The highest BCUT2D eigenvalue weighted by Crippen LogP contribution is 2.17. The minimum Gasteiger partial charge on any atom is -0.397 e. The number of amides is 1. The number of ether oxygens (including phenoxy) is 1. The molecule has 1 fully saturated rings. The third-order valence-corrected chi connectivity index (χ3v) is 3.64. The smallest absolute Gasteiger partial charge is 0.224 e. The predicted molar refractivity (Wildman–Crippen MR) is 82.0 cm³/mol. The van der Waals surface area contributed by atoms with Crippen molar-refractivity contribution >= 4 is 17.3 Å². The average molecular weight is 293 g/mol. The Kier molecular flexibility index (Phi) is 5.98. The first-order valence-corrected chi connectivity index (χ1v) is 7.27. The molecule has 0 aliphatic carbocycles. The summed E-state index contributed by atoms with van der Waals surface area (Å²) in [6.45, 7) is 2.92. The van der Waals surface area contributed by atoms with Gasteiger partial charge in [0.05, 0.1) is 37.2 Å². The topological polar surface area (TPSA) is 87.8 Å². The summed E-state index contributed by atoms with van der Waals surface area (Å²) in [6, 6.07) is 7.27. The van der Waals surface area contributed by atoms with Gasteiger partial charge in [0.15, 0.2) is 0 Å². The molecule has 1 aliphatic rings. The number of hydrogen-bond donors (Lipinski definition) is 3. The van der Waals surface area contributed by atoms with Crippen LogP contribution in [0.4, 0.5) is 11.4 Å². The molecule has 0 aromatic heterocycles. The van der Waals surface area contributed by atoms with E-state index in [0.29, 0.717) is 31.0 Å². The highest BCUT2D eigenvalue weighted by molar-refractivity contribution is 5.93. The highest BCUT2D eigenvalue weighted by atomic mass is 16.5. The van der Waals surface area contributed by atoms with Gasteiger partial charge < -0.3 is 20.9 Å². The van der Waals surface area contributed by atoms with E-state index in [9.17, 15) is 9.90 Å². The van der Waals surface area contributed by atoms with Crippen molar-refractivity contribution in [2.24, 2.45) is 0 Å². The number of nitrogens with zero attached hydrogens (tertiary/aromatic N) is 1. The summed E-state index contributed by atoms with van der Waals surface area (Å²) >= 11 is 0. The molecule has 1 atom stereocenters. The van der Waals surface area contributed by atoms with E-state index in [4.69, 9.17) is 10.5 Å². The van der Waals surface area contributed by atoms with Crippen molar-refractivity contribution in [1.82, 2.24) is 4.90 Å². The summed E-state index contributed by atoms with van der Waals surface area (Å²) in [6.07, 6.45) is 1.18. The van der Waals surface area contributed by atoms with Crippen molar-refractivity contribution in [3.63, 3.8) is 0 Å². The number of nitrogens with two attached hydrogens (primary N) is 1. The van der Waals surface area contributed by atoms with Gasteiger partial charge in [-0.2, -0.15) is 0 Å². The number of aliphatic hydroxyl groups excluding tert-OH is 1. The molecule has 6 heteroatoms. The molecule has 116 valence electrons. The maximum Gasteiger partial charge on any atom is 0.224 e. The second kappa shape index (κ2) is 7.97. The molecule has 1 amide bonds. The van der Waals surface area contributed by atoms with Crippen molar-refractivity contribution in [1.29, 1.82) is 0 Å². The van der Waals surface area contributed by atoms with E-state index in [1.807, 2.05) is 12.1 Å². The van der Waals surface area contributed by atoms with Crippen molar-refractivity contribution in [2.75, 3.05) is 44.0 Å². The number of benzene rings is 1. The molecular formula is C15H23N3O3. The molecule has 2 rings (SSSR count). The van der Waals surface area contributed by atoms with Gasteiger partial charge in [-0.15, -0.1) is 0 Å². The number of nitrogen functional groups attached to an aromatic ring is 1. The fourth-order valence-electron chi connectivity index (χ4n) is 2.42. The lowest BCUT2D eigenvalue weighted by Crippen LogP contribution is -2.47. The van der Waals surface area contributed by atoms with Gasteiger partial charge in [0, 0.05) is 13.0 Å². The van der Waals surface area contributed by atoms with Gasteiger partial charge in [0.1, 0.15) is 0 Å². The van der Waals surface area contributed by atoms with Gasteiger partial charge in [0.25, 0.3) is 0 Å². The fraction of sp³-hybridized carbons (Fsp3) is 0.533. The minimum atomic E-state index is -0.0401. The normalized spacial score (nSPS) is 19.4. The maximum atomic E-state index is 11.9. The fourth-order valence-corrected chi connectivity index (χ4v) is 2.42. The third-order valence-electron chi connectivity index (χ3n) is 3.64. The molecule has 1 saturated heterocycles. The number of nitrogens with one attached hydrogen (secondary N) is 1. The summed E-state index contributed by atoms with van der Waals surface area (Å²) in [5.41, 5.74) is 7.01. The molecule has 1 unspecified atom stereocenters. The number of morpholine rings is 1. The first kappa shape index (κ1) is 15.8. The Balaban J connectivity index is 1.73. The van der Waals surface area contributed by atoms with Gasteiger partial charge in [-0.05, 0) is 25.1 Å². The zero-order valence-corrected chi connectivity index (χ0v) is 12.1. The Hall–Kier alpha value is -1.63. The second-order valence-electron chi connectivity index (χ2n) is 5.19. The molecule has 1 aromatic carbocycles. The SMILES string of the molecule is Nc1ccccc1NC(=O)CCCN1CCOCC1CO. The molecule has 1 aromatic rings. The van der Waals surface area contributed by atoms with Gasteiger partial charge >= 0.3 is 0 Å². The Bertz CT molecular complexity index is 467. The molecule has 0 bridgehead atoms. The average Bonchev–Trinajstić information content (AvgIpc) is 2.50. The number of aliphatic hydroxyl groups is 1. The van der Waals surface area contributed by atoms with E-state index in [1.165, 1.54) is 0 Å². The Morgan fingerprint density at radius 3 is 3.05 bits per heavy atom. The third kappa shape index (κ3) is 4.70. The molecule has 4 N–H and O–H groups in total. The van der Waals surface area contributed by atoms with Gasteiger partial charge in [-0.3, -0.25) is 9.69 Å².